The highest BCUT2D eigenvalue weighted by Gasteiger charge is 2.22. The molecular weight excluding hydrogens is 537 g/mol. The number of piperazine rings is 1. The molecule has 2 aromatic rings. The molecule has 2 fully saturated rings. The van der Waals surface area contributed by atoms with Gasteiger partial charge in [0.2, 0.25) is 5.91 Å². The molecule has 1 N–H and O–H groups in total. The summed E-state index contributed by atoms with van der Waals surface area (Å²) < 4.78 is 0. The lowest BCUT2D eigenvalue weighted by Gasteiger charge is -2.36. The van der Waals surface area contributed by atoms with Crippen LogP contribution in [-0.4, -0.2) is 72.9 Å². The number of nitrogens with one attached hydrogen (secondary N) is 1. The van der Waals surface area contributed by atoms with Gasteiger partial charge in [-0.05, 0) is 23.1 Å². The second-order valence-electron chi connectivity index (χ2n) is 8.69. The summed E-state index contributed by atoms with van der Waals surface area (Å²) in [4.78, 5) is 23.4. The fraction of sp³-hybridized carbons (Fsp3) is 0.407. The van der Waals surface area contributed by atoms with Crippen molar-refractivity contribution in [3.8, 4) is 0 Å². The third-order valence-electron chi connectivity index (χ3n) is 6.45. The first kappa shape index (κ1) is 26.2. The standard InChI is InChI=1S/C27H35N5O.HI/c1-28-27(29-21-24-12-5-6-13-25(24)22-32-16-8-14-26(32)33)31-19-17-30(18-20-31)15-7-11-23-9-3-2-4-10-23;/h2-7,9-13H,8,14-22H2,1H3,(H,28,29);1H/b11-7+;. The van der Waals surface area contributed by atoms with Crippen molar-refractivity contribution >= 4 is 41.9 Å². The number of hydrogen-bond donors (Lipinski definition) is 1. The Morgan fingerprint density at radius 2 is 1.68 bits per heavy atom. The largest absolute Gasteiger partial charge is 0.352 e. The Labute approximate surface area is 220 Å². The normalized spacial score (nSPS) is 17.3. The molecule has 0 aliphatic carbocycles. The zero-order valence-electron chi connectivity index (χ0n) is 20.0. The van der Waals surface area contributed by atoms with Crippen LogP contribution in [0.15, 0.2) is 65.7 Å². The molecule has 0 bridgehead atoms. The van der Waals surface area contributed by atoms with Gasteiger partial charge in [-0.3, -0.25) is 14.7 Å². The molecule has 0 atom stereocenters. The summed E-state index contributed by atoms with van der Waals surface area (Å²) in [7, 11) is 1.85. The second-order valence-corrected chi connectivity index (χ2v) is 8.69. The summed E-state index contributed by atoms with van der Waals surface area (Å²) in [6, 6.07) is 18.8. The molecule has 7 heteroatoms. The first-order valence-corrected chi connectivity index (χ1v) is 12.0. The smallest absolute Gasteiger partial charge is 0.222 e. The van der Waals surface area contributed by atoms with Gasteiger partial charge in [-0.2, -0.15) is 0 Å². The van der Waals surface area contributed by atoms with Crippen molar-refractivity contribution in [2.45, 2.75) is 25.9 Å². The summed E-state index contributed by atoms with van der Waals surface area (Å²) in [5.41, 5.74) is 3.68. The average molecular weight is 574 g/mol. The zero-order valence-corrected chi connectivity index (χ0v) is 22.4. The van der Waals surface area contributed by atoms with E-state index in [9.17, 15) is 4.79 Å². The molecule has 1 amide bonds. The van der Waals surface area contributed by atoms with Gasteiger partial charge in [0.1, 0.15) is 0 Å². The molecule has 6 nitrogen and oxygen atoms in total. The maximum atomic E-state index is 12.0. The number of guanidine groups is 1. The Kier molecular flexibility index (Phi) is 10.4. The van der Waals surface area contributed by atoms with E-state index in [-0.39, 0.29) is 29.9 Å². The number of likely N-dealkylation sites (tertiary alicyclic amines) is 1. The highest BCUT2D eigenvalue weighted by atomic mass is 127. The first-order valence-electron chi connectivity index (χ1n) is 12.0. The number of carbonyl (C=O) groups is 1. The molecular formula is C27H36IN5O. The highest BCUT2D eigenvalue weighted by Crippen LogP contribution is 2.17. The number of halogens is 1. The quantitative estimate of drug-likeness (QED) is 0.311. The molecule has 0 radical (unpaired) electrons. The summed E-state index contributed by atoms with van der Waals surface area (Å²) in [6.45, 7) is 7.21. The topological polar surface area (TPSA) is 51.2 Å². The lowest BCUT2D eigenvalue weighted by molar-refractivity contribution is -0.128. The first-order chi connectivity index (χ1) is 16.2. The van der Waals surface area contributed by atoms with Crippen LogP contribution in [0.5, 0.6) is 0 Å². The number of amides is 1. The van der Waals surface area contributed by atoms with Gasteiger partial charge < -0.3 is 15.1 Å². The average Bonchev–Trinajstić information content (AvgIpc) is 3.26. The number of hydrogen-bond acceptors (Lipinski definition) is 3. The molecule has 0 aromatic heterocycles. The number of benzene rings is 2. The van der Waals surface area contributed by atoms with E-state index in [0.29, 0.717) is 19.5 Å². The van der Waals surface area contributed by atoms with Crippen molar-refractivity contribution in [3.05, 3.63) is 77.4 Å². The van der Waals surface area contributed by atoms with E-state index in [1.807, 2.05) is 18.0 Å². The van der Waals surface area contributed by atoms with Crippen LogP contribution in [-0.2, 0) is 17.9 Å². The number of carbonyl (C=O) groups excluding carboxylic acids is 1. The van der Waals surface area contributed by atoms with Crippen LogP contribution in [0.1, 0.15) is 29.5 Å². The van der Waals surface area contributed by atoms with Crippen molar-refractivity contribution in [1.29, 1.82) is 0 Å². The second kappa shape index (κ2) is 13.5. The molecule has 2 heterocycles. The lowest BCUT2D eigenvalue weighted by atomic mass is 10.1. The molecule has 0 unspecified atom stereocenters. The van der Waals surface area contributed by atoms with Crippen LogP contribution in [0.2, 0.25) is 0 Å². The van der Waals surface area contributed by atoms with Crippen LogP contribution in [0.3, 0.4) is 0 Å². The number of rotatable bonds is 7. The zero-order chi connectivity index (χ0) is 22.9. The minimum Gasteiger partial charge on any atom is -0.352 e. The molecule has 2 aromatic carbocycles. The van der Waals surface area contributed by atoms with E-state index in [1.54, 1.807) is 0 Å². The summed E-state index contributed by atoms with van der Waals surface area (Å²) in [6.07, 6.45) is 6.10. The number of aliphatic imine (C=N–C) groups is 1. The third-order valence-corrected chi connectivity index (χ3v) is 6.45. The summed E-state index contributed by atoms with van der Waals surface area (Å²) in [5.74, 6) is 1.21. The van der Waals surface area contributed by atoms with Gasteiger partial charge in [0.05, 0.1) is 0 Å². The van der Waals surface area contributed by atoms with Crippen molar-refractivity contribution in [3.63, 3.8) is 0 Å². The maximum Gasteiger partial charge on any atom is 0.222 e. The molecule has 182 valence electrons. The fourth-order valence-electron chi connectivity index (χ4n) is 4.51. The predicted molar refractivity (Wildman–Crippen MR) is 150 cm³/mol. The Morgan fingerprint density at radius 1 is 0.971 bits per heavy atom. The van der Waals surface area contributed by atoms with Crippen LogP contribution in [0.4, 0.5) is 0 Å². The van der Waals surface area contributed by atoms with Crippen LogP contribution in [0, 0.1) is 0 Å². The molecule has 2 aliphatic heterocycles. The van der Waals surface area contributed by atoms with Gasteiger partial charge in [-0.25, -0.2) is 0 Å². The van der Waals surface area contributed by atoms with Crippen LogP contribution in [0.25, 0.3) is 6.08 Å². The predicted octanol–water partition coefficient (Wildman–Crippen LogP) is 3.83. The van der Waals surface area contributed by atoms with Gasteiger partial charge >= 0.3 is 0 Å². The van der Waals surface area contributed by atoms with E-state index in [1.165, 1.54) is 16.7 Å². The maximum absolute atomic E-state index is 12.0. The SMILES string of the molecule is CN=C(NCc1ccccc1CN1CCCC1=O)N1CCN(C/C=C/c2ccccc2)CC1.I. The van der Waals surface area contributed by atoms with Crippen molar-refractivity contribution in [2.75, 3.05) is 46.3 Å². The van der Waals surface area contributed by atoms with Gasteiger partial charge in [-0.1, -0.05) is 66.7 Å². The Hall–Kier alpha value is -2.39. The molecule has 2 aliphatic rings. The Morgan fingerprint density at radius 3 is 2.35 bits per heavy atom. The summed E-state index contributed by atoms with van der Waals surface area (Å²) >= 11 is 0. The van der Waals surface area contributed by atoms with Crippen molar-refractivity contribution in [2.24, 2.45) is 4.99 Å². The molecule has 4 rings (SSSR count). The minimum atomic E-state index is 0. The lowest BCUT2D eigenvalue weighted by Crippen LogP contribution is -2.52. The van der Waals surface area contributed by atoms with Crippen molar-refractivity contribution < 1.29 is 4.79 Å². The van der Waals surface area contributed by atoms with Crippen LogP contribution >= 0.6 is 24.0 Å². The molecule has 34 heavy (non-hydrogen) atoms. The van der Waals surface area contributed by atoms with E-state index in [2.05, 4.69) is 80.8 Å². The number of nitrogens with zero attached hydrogens (tertiary/aromatic N) is 4. The molecule has 0 saturated carbocycles. The van der Waals surface area contributed by atoms with Gasteiger partial charge in [0.25, 0.3) is 0 Å². The van der Waals surface area contributed by atoms with Gasteiger partial charge in [-0.15, -0.1) is 24.0 Å². The van der Waals surface area contributed by atoms with E-state index in [4.69, 9.17) is 0 Å². The van der Waals surface area contributed by atoms with Gasteiger partial charge in [0.15, 0.2) is 5.96 Å². The monoisotopic (exact) mass is 573 g/mol. The van der Waals surface area contributed by atoms with Gasteiger partial charge in [0, 0.05) is 65.8 Å². The highest BCUT2D eigenvalue weighted by molar-refractivity contribution is 14.0. The van der Waals surface area contributed by atoms with Crippen molar-refractivity contribution in [1.82, 2.24) is 20.0 Å². The summed E-state index contributed by atoms with van der Waals surface area (Å²) in [5, 5.41) is 3.55. The van der Waals surface area contributed by atoms with E-state index in [0.717, 1.165) is 51.6 Å². The van der Waals surface area contributed by atoms with Crippen LogP contribution < -0.4 is 5.32 Å². The van der Waals surface area contributed by atoms with E-state index >= 15 is 0 Å². The van der Waals surface area contributed by atoms with E-state index < -0.39 is 0 Å². The fourth-order valence-corrected chi connectivity index (χ4v) is 4.51. The minimum absolute atomic E-state index is 0. The Balaban J connectivity index is 0.00000324. The third kappa shape index (κ3) is 7.30. The molecule has 2 saturated heterocycles. The Bertz CT molecular complexity index is 970. The molecule has 0 spiro atoms.